The van der Waals surface area contributed by atoms with Gasteiger partial charge in [0.25, 0.3) is 11.9 Å². The first kappa shape index (κ1) is 42.7. The Kier molecular flexibility index (Phi) is 83.0. The van der Waals surface area contributed by atoms with E-state index in [0.717, 1.165) is 27.7 Å². The van der Waals surface area contributed by atoms with Crippen LogP contribution in [0, 0.1) is 0 Å². The zero-order valence-electron chi connectivity index (χ0n) is 13.0. The first-order chi connectivity index (χ1) is 8.84. The van der Waals surface area contributed by atoms with E-state index in [1.807, 2.05) is 0 Å². The third kappa shape index (κ3) is 10500. The van der Waals surface area contributed by atoms with Gasteiger partial charge in [0.1, 0.15) is 0 Å². The van der Waals surface area contributed by atoms with Crippen LogP contribution >= 0.6 is 0 Å². The molecule has 0 saturated carbocycles. The minimum Gasteiger partial charge on any atom is -0.550 e. The first-order valence-electron chi connectivity index (χ1n) is 4.99. The molecule has 0 aromatic heterocycles. The van der Waals surface area contributed by atoms with Crippen molar-refractivity contribution in [3.63, 3.8) is 0 Å². The van der Waals surface area contributed by atoms with Crippen LogP contribution in [-0.4, -0.2) is 47.2 Å². The fourth-order valence-electron chi connectivity index (χ4n) is 0. The van der Waals surface area contributed by atoms with Crippen LogP contribution in [0.5, 0.6) is 0 Å². The van der Waals surface area contributed by atoms with Gasteiger partial charge in [-0.05, 0) is 13.8 Å². The SMILES string of the molecule is CC(=O)O.CC(=O)O.CC(=O)[O-].CC(=O)[O-].N.NCCN.[Fe+2]. The summed E-state index contributed by atoms with van der Waals surface area (Å²) in [6, 6.07) is 0. The molecule has 9 N–H and O–H groups in total. The van der Waals surface area contributed by atoms with Crippen LogP contribution in [0.1, 0.15) is 27.7 Å². The van der Waals surface area contributed by atoms with Gasteiger partial charge in [0, 0.05) is 38.9 Å². The number of carboxylic acids is 4. The van der Waals surface area contributed by atoms with E-state index in [2.05, 4.69) is 0 Å². The molecule has 0 amide bonds. The van der Waals surface area contributed by atoms with Crippen LogP contribution in [0.15, 0.2) is 0 Å². The number of carboxylic acid groups (broad SMARTS) is 4. The van der Waals surface area contributed by atoms with Crippen molar-refractivity contribution in [2.24, 2.45) is 11.5 Å². The number of aliphatic carboxylic acids is 4. The fraction of sp³-hybridized carbons (Fsp3) is 0.600. The Morgan fingerprint density at radius 3 is 0.818 bits per heavy atom. The van der Waals surface area contributed by atoms with E-state index in [1.165, 1.54) is 0 Å². The van der Waals surface area contributed by atoms with E-state index < -0.39 is 23.9 Å². The average Bonchev–Trinajstić information content (AvgIpc) is 2.13. The summed E-state index contributed by atoms with van der Waals surface area (Å²) in [7, 11) is 0. The minimum absolute atomic E-state index is 0. The predicted molar refractivity (Wildman–Crippen MR) is 71.1 cm³/mol. The molecule has 11 nitrogen and oxygen atoms in total. The Bertz CT molecular complexity index is 199. The van der Waals surface area contributed by atoms with Crippen LogP contribution in [-0.2, 0) is 36.2 Å². The molecule has 0 atom stereocenters. The zero-order chi connectivity index (χ0) is 17.7. The van der Waals surface area contributed by atoms with Gasteiger partial charge >= 0.3 is 17.1 Å². The summed E-state index contributed by atoms with van der Waals surface area (Å²) in [5.41, 5.74) is 9.81. The van der Waals surface area contributed by atoms with Gasteiger partial charge in [-0.1, -0.05) is 0 Å². The van der Waals surface area contributed by atoms with Crippen molar-refractivity contribution in [2.75, 3.05) is 13.1 Å². The number of rotatable bonds is 1. The summed E-state index contributed by atoms with van der Waals surface area (Å²) in [5.74, 6) is -3.83. The number of carbonyl (C=O) groups excluding carboxylic acids is 2. The van der Waals surface area contributed by atoms with E-state index >= 15 is 0 Å². The zero-order valence-corrected chi connectivity index (χ0v) is 14.1. The maximum absolute atomic E-state index is 9.00. The van der Waals surface area contributed by atoms with Crippen LogP contribution in [0.25, 0.3) is 0 Å². The fourth-order valence-corrected chi connectivity index (χ4v) is 0. The van der Waals surface area contributed by atoms with E-state index in [-0.39, 0.29) is 23.2 Å². The number of carbonyl (C=O) groups is 4. The molecule has 136 valence electrons. The maximum Gasteiger partial charge on any atom is 2.00 e. The Hall–Kier alpha value is -1.72. The van der Waals surface area contributed by atoms with Crippen molar-refractivity contribution in [1.29, 1.82) is 0 Å². The van der Waals surface area contributed by atoms with Gasteiger partial charge in [-0.15, -0.1) is 0 Å². The van der Waals surface area contributed by atoms with E-state index in [1.54, 1.807) is 0 Å². The van der Waals surface area contributed by atoms with Crippen molar-refractivity contribution in [3.8, 4) is 0 Å². The average molecular weight is 371 g/mol. The standard InChI is InChI=1S/C2H8N2.4C2H4O2.Fe.H3N/c3-1-2-4;4*1-2(3)4;;/h1-4H2;4*1H3,(H,3,4);;1H3/q;;;;;+2;/p-2. The largest absolute Gasteiger partial charge is 2.00 e. The third-order valence-electron chi connectivity index (χ3n) is 0.167. The van der Waals surface area contributed by atoms with Gasteiger partial charge in [0.15, 0.2) is 0 Å². The number of nitrogens with two attached hydrogens (primary N) is 2. The molecule has 0 aromatic carbocycles. The quantitative estimate of drug-likeness (QED) is 0.287. The Labute approximate surface area is 139 Å². The summed E-state index contributed by atoms with van der Waals surface area (Å²) < 4.78 is 0. The molecule has 0 saturated heterocycles. The third-order valence-corrected chi connectivity index (χ3v) is 0.167. The molecule has 0 aliphatic heterocycles. The Morgan fingerprint density at radius 2 is 0.818 bits per heavy atom. The van der Waals surface area contributed by atoms with Gasteiger partial charge in [-0.3, -0.25) is 9.59 Å². The van der Waals surface area contributed by atoms with Gasteiger partial charge in [0.2, 0.25) is 0 Å². The topological polar surface area (TPSA) is 242 Å². The first-order valence-corrected chi connectivity index (χ1v) is 4.99. The minimum atomic E-state index is -1.08. The Morgan fingerprint density at radius 1 is 0.773 bits per heavy atom. The van der Waals surface area contributed by atoms with Crippen molar-refractivity contribution >= 4 is 23.9 Å². The van der Waals surface area contributed by atoms with Crippen molar-refractivity contribution < 1.29 is 56.7 Å². The van der Waals surface area contributed by atoms with Crippen LogP contribution in [0.3, 0.4) is 0 Å². The van der Waals surface area contributed by atoms with E-state index in [9.17, 15) is 0 Å². The molecule has 0 rings (SSSR count). The molecule has 0 spiro atoms. The molecule has 12 heteroatoms. The van der Waals surface area contributed by atoms with Crippen LogP contribution < -0.4 is 27.8 Å². The molecule has 0 aromatic rings. The smallest absolute Gasteiger partial charge is 0.550 e. The molecule has 0 aliphatic carbocycles. The molecule has 0 aliphatic rings. The molecular weight excluding hydrogens is 346 g/mol. The van der Waals surface area contributed by atoms with Crippen LogP contribution in [0.4, 0.5) is 0 Å². The maximum atomic E-state index is 9.00. The Balaban J connectivity index is -0.0000000250. The second kappa shape index (κ2) is 42.7. The summed E-state index contributed by atoms with van der Waals surface area (Å²) in [6.45, 7) is 5.31. The van der Waals surface area contributed by atoms with Crippen LogP contribution in [0.2, 0.25) is 0 Å². The van der Waals surface area contributed by atoms with E-state index in [0.29, 0.717) is 13.1 Å². The van der Waals surface area contributed by atoms with E-state index in [4.69, 9.17) is 51.1 Å². The molecular formula is C10H25FeN3O8. The predicted octanol–water partition coefficient (Wildman–Crippen LogP) is -3.24. The second-order valence-electron chi connectivity index (χ2n) is 2.60. The van der Waals surface area contributed by atoms with Crippen molar-refractivity contribution in [3.05, 3.63) is 0 Å². The summed E-state index contributed by atoms with van der Waals surface area (Å²) in [5, 5.41) is 32.6. The second-order valence-corrected chi connectivity index (χ2v) is 2.60. The summed E-state index contributed by atoms with van der Waals surface area (Å²) >= 11 is 0. The van der Waals surface area contributed by atoms with Crippen molar-refractivity contribution in [1.82, 2.24) is 6.15 Å². The molecule has 0 unspecified atom stereocenters. The number of hydrogen-bond acceptors (Lipinski definition) is 9. The van der Waals surface area contributed by atoms with Gasteiger partial charge < -0.3 is 47.6 Å². The van der Waals surface area contributed by atoms with Gasteiger partial charge in [-0.2, -0.15) is 0 Å². The summed E-state index contributed by atoms with van der Waals surface area (Å²) in [6.07, 6.45) is 0. The molecule has 0 radical (unpaired) electrons. The van der Waals surface area contributed by atoms with Gasteiger partial charge in [-0.25, -0.2) is 0 Å². The monoisotopic (exact) mass is 371 g/mol. The summed E-state index contributed by atoms with van der Waals surface area (Å²) in [4.78, 5) is 35.8. The molecule has 0 bridgehead atoms. The molecule has 22 heavy (non-hydrogen) atoms. The molecule has 0 heterocycles. The number of hydrogen-bond donors (Lipinski definition) is 5. The normalized spacial score (nSPS) is 5.91. The molecule has 0 fully saturated rings. The van der Waals surface area contributed by atoms with Gasteiger partial charge in [0.05, 0.1) is 0 Å². The van der Waals surface area contributed by atoms with Crippen molar-refractivity contribution in [2.45, 2.75) is 27.7 Å².